The Morgan fingerprint density at radius 3 is 2.30 bits per heavy atom. The molecule has 3 heteroatoms. The highest BCUT2D eigenvalue weighted by molar-refractivity contribution is 5.25. The summed E-state index contributed by atoms with van der Waals surface area (Å²) >= 11 is 0. The van der Waals surface area contributed by atoms with E-state index < -0.39 is 0 Å². The van der Waals surface area contributed by atoms with Crippen molar-refractivity contribution in [1.29, 1.82) is 0 Å². The molecule has 20 heavy (non-hydrogen) atoms. The first-order chi connectivity index (χ1) is 9.63. The van der Waals surface area contributed by atoms with Crippen molar-refractivity contribution in [2.45, 2.75) is 50.7 Å². The molecule has 0 aromatic heterocycles. The number of likely N-dealkylation sites (N-methyl/N-ethyl adjacent to an activating group) is 1. The van der Waals surface area contributed by atoms with Crippen LogP contribution in [-0.2, 0) is 5.54 Å². The first-order valence-electron chi connectivity index (χ1n) is 7.74. The Morgan fingerprint density at radius 2 is 1.80 bits per heavy atom. The van der Waals surface area contributed by atoms with Crippen LogP contribution in [0.2, 0.25) is 0 Å². The number of hydrogen-bond donors (Lipinski definition) is 2. The zero-order chi connectivity index (χ0) is 14.6. The second kappa shape index (κ2) is 6.70. The first-order valence-corrected chi connectivity index (χ1v) is 7.74. The number of nitrogens with zero attached hydrogens (tertiary/aromatic N) is 1. The Balaban J connectivity index is 2.25. The predicted octanol–water partition coefficient (Wildman–Crippen LogP) is 2.36. The van der Waals surface area contributed by atoms with E-state index in [9.17, 15) is 5.11 Å². The highest BCUT2D eigenvalue weighted by Crippen LogP contribution is 2.28. The Morgan fingerprint density at radius 1 is 1.20 bits per heavy atom. The lowest BCUT2D eigenvalue weighted by Gasteiger charge is -2.45. The van der Waals surface area contributed by atoms with E-state index in [1.165, 1.54) is 19.3 Å². The van der Waals surface area contributed by atoms with Gasteiger partial charge in [-0.25, -0.2) is 0 Å². The summed E-state index contributed by atoms with van der Waals surface area (Å²) in [6, 6.07) is 11.5. The lowest BCUT2D eigenvalue weighted by Crippen LogP contribution is -2.57. The van der Waals surface area contributed by atoms with Crippen molar-refractivity contribution in [2.75, 3.05) is 20.2 Å². The van der Waals surface area contributed by atoms with E-state index in [0.717, 1.165) is 12.1 Å². The third-order valence-corrected chi connectivity index (χ3v) is 4.90. The van der Waals surface area contributed by atoms with Gasteiger partial charge in [-0.1, -0.05) is 36.8 Å². The van der Waals surface area contributed by atoms with Crippen molar-refractivity contribution in [1.82, 2.24) is 10.2 Å². The minimum atomic E-state index is -0.374. The molecule has 2 N–H and O–H groups in total. The molecule has 112 valence electrons. The molecule has 1 aromatic carbocycles. The molecule has 1 fully saturated rings. The van der Waals surface area contributed by atoms with E-state index in [1.54, 1.807) is 0 Å². The summed E-state index contributed by atoms with van der Waals surface area (Å²) < 4.78 is 0. The van der Waals surface area contributed by atoms with Crippen LogP contribution < -0.4 is 5.32 Å². The highest BCUT2D eigenvalue weighted by atomic mass is 16.3. The van der Waals surface area contributed by atoms with Crippen molar-refractivity contribution in [2.24, 2.45) is 0 Å². The molecule has 0 bridgehead atoms. The average Bonchev–Trinajstić information content (AvgIpc) is 2.49. The molecule has 0 amide bonds. The summed E-state index contributed by atoms with van der Waals surface area (Å²) in [5.41, 5.74) is 0.788. The number of rotatable bonds is 5. The lowest BCUT2D eigenvalue weighted by molar-refractivity contribution is 0.0422. The summed E-state index contributed by atoms with van der Waals surface area (Å²) in [6.07, 6.45) is 3.82. The maximum absolute atomic E-state index is 10.0. The van der Waals surface area contributed by atoms with Gasteiger partial charge >= 0.3 is 0 Å². The van der Waals surface area contributed by atoms with Crippen molar-refractivity contribution >= 4 is 0 Å². The molecule has 0 aliphatic carbocycles. The summed E-state index contributed by atoms with van der Waals surface area (Å²) in [5.74, 6) is 0. The Kier molecular flexibility index (Phi) is 5.19. The van der Waals surface area contributed by atoms with Crippen LogP contribution in [0.25, 0.3) is 0 Å². The van der Waals surface area contributed by atoms with Gasteiger partial charge in [0, 0.05) is 18.6 Å². The molecule has 0 spiro atoms. The van der Waals surface area contributed by atoms with Crippen LogP contribution in [0, 0.1) is 0 Å². The summed E-state index contributed by atoms with van der Waals surface area (Å²) in [5, 5.41) is 13.4. The van der Waals surface area contributed by atoms with Crippen LogP contribution in [0.3, 0.4) is 0 Å². The van der Waals surface area contributed by atoms with E-state index in [0.29, 0.717) is 12.1 Å². The van der Waals surface area contributed by atoms with Crippen molar-refractivity contribution < 1.29 is 5.11 Å². The number of nitrogens with one attached hydrogen (secondary N) is 1. The molecule has 3 atom stereocenters. The Labute approximate surface area is 123 Å². The first kappa shape index (κ1) is 15.5. The SMILES string of the molecule is CNC(CO)(CN1[C@H](C)CCC[C@@H]1C)c1ccccc1. The van der Waals surface area contributed by atoms with Crippen LogP contribution in [0.15, 0.2) is 30.3 Å². The number of benzene rings is 1. The number of hydrogen-bond acceptors (Lipinski definition) is 3. The predicted molar refractivity (Wildman–Crippen MR) is 83.7 cm³/mol. The normalized spacial score (nSPS) is 27.2. The smallest absolute Gasteiger partial charge is 0.0795 e. The quantitative estimate of drug-likeness (QED) is 0.866. The van der Waals surface area contributed by atoms with Gasteiger partial charge in [-0.3, -0.25) is 4.90 Å². The van der Waals surface area contributed by atoms with E-state index >= 15 is 0 Å². The average molecular weight is 276 g/mol. The summed E-state index contributed by atoms with van der Waals surface area (Å²) in [6.45, 7) is 5.58. The van der Waals surface area contributed by atoms with Crippen LogP contribution >= 0.6 is 0 Å². The molecule has 1 unspecified atom stereocenters. The van der Waals surface area contributed by atoms with Gasteiger partial charge < -0.3 is 10.4 Å². The van der Waals surface area contributed by atoms with Gasteiger partial charge in [-0.05, 0) is 39.3 Å². The minimum Gasteiger partial charge on any atom is -0.394 e. The molecule has 2 rings (SSSR count). The minimum absolute atomic E-state index is 0.115. The maximum Gasteiger partial charge on any atom is 0.0795 e. The van der Waals surface area contributed by atoms with Crippen molar-refractivity contribution in [3.63, 3.8) is 0 Å². The largest absolute Gasteiger partial charge is 0.394 e. The highest BCUT2D eigenvalue weighted by Gasteiger charge is 2.36. The monoisotopic (exact) mass is 276 g/mol. The molecule has 0 radical (unpaired) electrons. The van der Waals surface area contributed by atoms with Crippen LogP contribution in [0.1, 0.15) is 38.7 Å². The fourth-order valence-electron chi connectivity index (χ4n) is 3.39. The number of aliphatic hydroxyl groups is 1. The van der Waals surface area contributed by atoms with E-state index in [-0.39, 0.29) is 12.1 Å². The fraction of sp³-hybridized carbons (Fsp3) is 0.647. The zero-order valence-corrected chi connectivity index (χ0v) is 13.0. The van der Waals surface area contributed by atoms with Gasteiger partial charge in [0.2, 0.25) is 0 Å². The standard InChI is InChI=1S/C17H28N2O/c1-14-8-7-9-15(2)19(14)12-17(13-20,18-3)16-10-5-4-6-11-16/h4-6,10-11,14-15,18,20H,7-9,12-13H2,1-3H3/t14-,15+,17?. The van der Waals surface area contributed by atoms with Gasteiger partial charge in [-0.15, -0.1) is 0 Å². The molecule has 0 saturated carbocycles. The molecular weight excluding hydrogens is 248 g/mol. The molecule has 1 aliphatic heterocycles. The third-order valence-electron chi connectivity index (χ3n) is 4.90. The number of aliphatic hydroxyl groups excluding tert-OH is 1. The van der Waals surface area contributed by atoms with Crippen molar-refractivity contribution in [3.8, 4) is 0 Å². The van der Waals surface area contributed by atoms with Gasteiger partial charge in [0.1, 0.15) is 0 Å². The Bertz CT molecular complexity index is 393. The summed E-state index contributed by atoms with van der Waals surface area (Å²) in [4.78, 5) is 2.54. The molecular formula is C17H28N2O. The fourth-order valence-corrected chi connectivity index (χ4v) is 3.39. The zero-order valence-electron chi connectivity index (χ0n) is 13.0. The second-order valence-corrected chi connectivity index (χ2v) is 6.16. The van der Waals surface area contributed by atoms with Crippen LogP contribution in [-0.4, -0.2) is 42.3 Å². The summed E-state index contributed by atoms with van der Waals surface area (Å²) in [7, 11) is 1.95. The van der Waals surface area contributed by atoms with E-state index in [2.05, 4.69) is 36.2 Å². The topological polar surface area (TPSA) is 35.5 Å². The van der Waals surface area contributed by atoms with Gasteiger partial charge in [-0.2, -0.15) is 0 Å². The molecule has 1 aromatic rings. The molecule has 1 saturated heterocycles. The van der Waals surface area contributed by atoms with Gasteiger partial charge in [0.15, 0.2) is 0 Å². The Hall–Kier alpha value is -0.900. The van der Waals surface area contributed by atoms with E-state index in [1.807, 2.05) is 25.2 Å². The number of piperidine rings is 1. The molecule has 1 heterocycles. The second-order valence-electron chi connectivity index (χ2n) is 6.16. The van der Waals surface area contributed by atoms with Crippen LogP contribution in [0.4, 0.5) is 0 Å². The lowest BCUT2D eigenvalue weighted by atomic mass is 9.87. The van der Waals surface area contributed by atoms with Crippen LogP contribution in [0.5, 0.6) is 0 Å². The molecule has 3 nitrogen and oxygen atoms in total. The van der Waals surface area contributed by atoms with Crippen molar-refractivity contribution in [3.05, 3.63) is 35.9 Å². The third kappa shape index (κ3) is 3.05. The number of likely N-dealkylation sites (tertiary alicyclic amines) is 1. The van der Waals surface area contributed by atoms with E-state index in [4.69, 9.17) is 0 Å². The molecule has 1 aliphatic rings. The maximum atomic E-state index is 10.0. The van der Waals surface area contributed by atoms with Gasteiger partial charge in [0.05, 0.1) is 12.1 Å². The van der Waals surface area contributed by atoms with Gasteiger partial charge in [0.25, 0.3) is 0 Å².